The fraction of sp³-hybridized carbons (Fsp3) is 0.316. The van der Waals surface area contributed by atoms with Gasteiger partial charge in [-0.2, -0.15) is 0 Å². The Balaban J connectivity index is 1.69. The van der Waals surface area contributed by atoms with Crippen LogP contribution in [0.4, 0.5) is 5.69 Å². The molecule has 9 nitrogen and oxygen atoms in total. The molecule has 4 N–H and O–H groups in total. The number of carbonyl (C=O) groups is 1. The van der Waals surface area contributed by atoms with Crippen LogP contribution in [-0.4, -0.2) is 42.0 Å². The minimum Gasteiger partial charge on any atom is -0.377 e. The third kappa shape index (κ3) is 5.43. The zero-order valence-electron chi connectivity index (χ0n) is 16.3. The number of aryl methyl sites for hydroxylation is 1. The van der Waals surface area contributed by atoms with Crippen molar-refractivity contribution in [2.45, 2.75) is 35.7 Å². The van der Waals surface area contributed by atoms with Crippen molar-refractivity contribution in [3.8, 4) is 0 Å². The molecule has 1 heterocycles. The first-order valence-electron chi connectivity index (χ1n) is 9.22. The van der Waals surface area contributed by atoms with Crippen LogP contribution < -0.4 is 15.2 Å². The lowest BCUT2D eigenvalue weighted by Gasteiger charge is -2.12. The first kappa shape index (κ1) is 22.4. The van der Waals surface area contributed by atoms with E-state index in [-0.39, 0.29) is 33.7 Å². The predicted molar refractivity (Wildman–Crippen MR) is 111 cm³/mol. The van der Waals surface area contributed by atoms with Crippen molar-refractivity contribution in [3.05, 3.63) is 53.6 Å². The monoisotopic (exact) mass is 453 g/mol. The molecule has 2 aromatic rings. The van der Waals surface area contributed by atoms with E-state index in [4.69, 9.17) is 9.88 Å². The third-order valence-corrected chi connectivity index (χ3v) is 7.20. The van der Waals surface area contributed by atoms with Crippen LogP contribution in [0.2, 0.25) is 0 Å². The maximum Gasteiger partial charge on any atom is 0.255 e. The largest absolute Gasteiger partial charge is 0.377 e. The number of benzene rings is 2. The third-order valence-electron chi connectivity index (χ3n) is 4.70. The molecule has 2 aromatic carbocycles. The Labute approximate surface area is 175 Å². The molecule has 0 spiro atoms. The Hall–Kier alpha value is -2.31. The predicted octanol–water partition coefficient (Wildman–Crippen LogP) is 1.35. The van der Waals surface area contributed by atoms with Crippen molar-refractivity contribution >= 4 is 31.6 Å². The quantitative estimate of drug-likeness (QED) is 0.577. The number of ether oxygens (including phenoxy) is 1. The lowest BCUT2D eigenvalue weighted by molar-refractivity contribution is 0.102. The van der Waals surface area contributed by atoms with Gasteiger partial charge in [0.05, 0.1) is 15.9 Å². The summed E-state index contributed by atoms with van der Waals surface area (Å²) in [5.74, 6) is -0.518. The van der Waals surface area contributed by atoms with E-state index in [0.29, 0.717) is 12.2 Å². The first-order valence-corrected chi connectivity index (χ1v) is 12.3. The summed E-state index contributed by atoms with van der Waals surface area (Å²) >= 11 is 0. The summed E-state index contributed by atoms with van der Waals surface area (Å²) in [6.45, 7) is 2.43. The van der Waals surface area contributed by atoms with Gasteiger partial charge >= 0.3 is 0 Å². The maximum absolute atomic E-state index is 12.4. The number of hydrogen-bond donors (Lipinski definition) is 3. The van der Waals surface area contributed by atoms with Crippen molar-refractivity contribution in [2.75, 3.05) is 18.5 Å². The summed E-state index contributed by atoms with van der Waals surface area (Å²) < 4.78 is 55.9. The number of hydrogen-bond acceptors (Lipinski definition) is 6. The Morgan fingerprint density at radius 2 is 1.83 bits per heavy atom. The van der Waals surface area contributed by atoms with Crippen molar-refractivity contribution in [2.24, 2.45) is 5.14 Å². The molecular weight excluding hydrogens is 430 g/mol. The number of amides is 1. The van der Waals surface area contributed by atoms with Crippen LogP contribution >= 0.6 is 0 Å². The second-order valence-electron chi connectivity index (χ2n) is 6.99. The van der Waals surface area contributed by atoms with Crippen LogP contribution in [0.25, 0.3) is 0 Å². The minimum absolute atomic E-state index is 0.0314. The smallest absolute Gasteiger partial charge is 0.255 e. The van der Waals surface area contributed by atoms with Crippen molar-refractivity contribution < 1.29 is 26.4 Å². The van der Waals surface area contributed by atoms with Crippen LogP contribution in [0.5, 0.6) is 0 Å². The molecule has 0 radical (unpaired) electrons. The number of anilines is 1. The van der Waals surface area contributed by atoms with E-state index in [1.807, 2.05) is 0 Å². The van der Waals surface area contributed by atoms with Crippen LogP contribution in [0.3, 0.4) is 0 Å². The fourth-order valence-electron chi connectivity index (χ4n) is 3.06. The average Bonchev–Trinajstić information content (AvgIpc) is 3.21. The second-order valence-corrected chi connectivity index (χ2v) is 10.3. The SMILES string of the molecule is Cc1ccc(NC(=O)c2ccc(S(=O)(=O)NCC3CCCO3)cc2)cc1S(N)(=O)=O. The fourth-order valence-corrected chi connectivity index (χ4v) is 4.94. The summed E-state index contributed by atoms with van der Waals surface area (Å²) in [5.41, 5.74) is 0.927. The van der Waals surface area contributed by atoms with Crippen LogP contribution in [0, 0.1) is 6.92 Å². The van der Waals surface area contributed by atoms with E-state index in [0.717, 1.165) is 12.8 Å². The molecule has 0 aliphatic carbocycles. The molecule has 1 atom stereocenters. The van der Waals surface area contributed by atoms with E-state index in [1.165, 1.54) is 36.4 Å². The zero-order chi connectivity index (χ0) is 21.9. The summed E-state index contributed by atoms with van der Waals surface area (Å²) in [4.78, 5) is 12.4. The number of sulfonamides is 2. The Morgan fingerprint density at radius 3 is 2.43 bits per heavy atom. The van der Waals surface area contributed by atoms with Crippen LogP contribution in [0.15, 0.2) is 52.3 Å². The second kappa shape index (κ2) is 8.82. The lowest BCUT2D eigenvalue weighted by atomic mass is 10.2. The van der Waals surface area contributed by atoms with Gasteiger partial charge in [0.2, 0.25) is 20.0 Å². The van der Waals surface area contributed by atoms with Gasteiger partial charge in [-0.1, -0.05) is 6.07 Å². The molecule has 0 aromatic heterocycles. The average molecular weight is 454 g/mol. The van der Waals surface area contributed by atoms with Gasteiger partial charge in [0, 0.05) is 24.4 Å². The van der Waals surface area contributed by atoms with E-state index in [1.54, 1.807) is 13.0 Å². The summed E-state index contributed by atoms with van der Waals surface area (Å²) in [6.07, 6.45) is 1.60. The topological polar surface area (TPSA) is 145 Å². The van der Waals surface area contributed by atoms with Gasteiger partial charge in [-0.25, -0.2) is 26.7 Å². The molecule has 162 valence electrons. The molecule has 11 heteroatoms. The Morgan fingerprint density at radius 1 is 1.13 bits per heavy atom. The van der Waals surface area contributed by atoms with E-state index < -0.39 is 26.0 Å². The van der Waals surface area contributed by atoms with E-state index in [2.05, 4.69) is 10.0 Å². The molecule has 1 saturated heterocycles. The highest BCUT2D eigenvalue weighted by atomic mass is 32.2. The summed E-state index contributed by atoms with van der Waals surface area (Å²) in [5, 5.41) is 7.76. The standard InChI is InChI=1S/C19H23N3O6S2/c1-13-4-7-15(11-18(13)29(20,24)25)22-19(23)14-5-8-17(9-6-14)30(26,27)21-12-16-3-2-10-28-16/h4-9,11,16,21H,2-3,10,12H2,1H3,(H,22,23)(H2,20,24,25). The first-order chi connectivity index (χ1) is 14.1. The van der Waals surface area contributed by atoms with Gasteiger partial charge in [0.15, 0.2) is 0 Å². The highest BCUT2D eigenvalue weighted by Crippen LogP contribution is 2.20. The maximum atomic E-state index is 12.4. The number of primary sulfonamides is 1. The lowest BCUT2D eigenvalue weighted by Crippen LogP contribution is -2.31. The molecular formula is C19H23N3O6S2. The molecule has 1 unspecified atom stereocenters. The number of nitrogens with two attached hydrogens (primary N) is 1. The molecule has 0 bridgehead atoms. The molecule has 1 aliphatic heterocycles. The van der Waals surface area contributed by atoms with E-state index in [9.17, 15) is 21.6 Å². The number of rotatable bonds is 7. The summed E-state index contributed by atoms with van der Waals surface area (Å²) in [6, 6.07) is 9.78. The zero-order valence-corrected chi connectivity index (χ0v) is 17.9. The highest BCUT2D eigenvalue weighted by Gasteiger charge is 2.20. The molecule has 30 heavy (non-hydrogen) atoms. The van der Waals surface area contributed by atoms with Gasteiger partial charge in [-0.05, 0) is 61.7 Å². The number of nitrogens with one attached hydrogen (secondary N) is 2. The Bertz CT molecular complexity index is 1140. The normalized spacial score (nSPS) is 17.1. The molecule has 1 aliphatic rings. The van der Waals surface area contributed by atoms with E-state index >= 15 is 0 Å². The van der Waals surface area contributed by atoms with Crippen LogP contribution in [0.1, 0.15) is 28.8 Å². The molecule has 0 saturated carbocycles. The Kier molecular flexibility index (Phi) is 6.58. The minimum atomic E-state index is -3.92. The van der Waals surface area contributed by atoms with Crippen molar-refractivity contribution in [1.82, 2.24) is 4.72 Å². The van der Waals surface area contributed by atoms with Crippen molar-refractivity contribution in [3.63, 3.8) is 0 Å². The number of carbonyl (C=O) groups excluding carboxylic acids is 1. The molecule has 1 fully saturated rings. The van der Waals surface area contributed by atoms with Gasteiger partial charge in [0.25, 0.3) is 5.91 Å². The van der Waals surface area contributed by atoms with Crippen molar-refractivity contribution in [1.29, 1.82) is 0 Å². The van der Waals surface area contributed by atoms with Crippen LogP contribution in [-0.2, 0) is 24.8 Å². The van der Waals surface area contributed by atoms with Gasteiger partial charge < -0.3 is 10.1 Å². The molecule has 3 rings (SSSR count). The molecule has 1 amide bonds. The van der Waals surface area contributed by atoms with Gasteiger partial charge in [-0.3, -0.25) is 4.79 Å². The van der Waals surface area contributed by atoms with Gasteiger partial charge in [-0.15, -0.1) is 0 Å². The summed E-state index contributed by atoms with van der Waals surface area (Å²) in [7, 11) is -7.64. The highest BCUT2D eigenvalue weighted by molar-refractivity contribution is 7.89. The van der Waals surface area contributed by atoms with Gasteiger partial charge in [0.1, 0.15) is 0 Å².